The Balaban J connectivity index is 1.90. The van der Waals surface area contributed by atoms with E-state index in [4.69, 9.17) is 26.4 Å². The Kier molecular flexibility index (Phi) is 6.05. The van der Waals surface area contributed by atoms with Gasteiger partial charge in [-0.3, -0.25) is 0 Å². The van der Waals surface area contributed by atoms with E-state index in [-0.39, 0.29) is 0 Å². The molecule has 0 amide bonds. The maximum absolute atomic E-state index is 5.30. The molecule has 2 aromatic carbocycles. The summed E-state index contributed by atoms with van der Waals surface area (Å²) in [4.78, 5) is 0. The third kappa shape index (κ3) is 4.75. The van der Waals surface area contributed by atoms with Crippen LogP contribution in [0.5, 0.6) is 17.2 Å². The molecular weight excluding hydrogens is 312 g/mol. The molecule has 122 valence electrons. The smallest absolute Gasteiger partial charge is 0.171 e. The van der Waals surface area contributed by atoms with Gasteiger partial charge >= 0.3 is 0 Å². The van der Waals surface area contributed by atoms with E-state index in [1.165, 1.54) is 0 Å². The summed E-state index contributed by atoms with van der Waals surface area (Å²) in [5.41, 5.74) is 1.94. The van der Waals surface area contributed by atoms with Crippen molar-refractivity contribution in [3.8, 4) is 17.2 Å². The number of thiocarbonyl (C=S) groups is 1. The lowest BCUT2D eigenvalue weighted by atomic mass is 10.2. The molecule has 0 unspecified atom stereocenters. The molecule has 0 aromatic heterocycles. The summed E-state index contributed by atoms with van der Waals surface area (Å²) in [7, 11) is 4.87. The molecule has 0 aliphatic heterocycles. The molecule has 6 heteroatoms. The third-order valence-corrected chi connectivity index (χ3v) is 3.50. The molecule has 2 aromatic rings. The van der Waals surface area contributed by atoms with E-state index in [1.54, 1.807) is 21.3 Å². The second kappa shape index (κ2) is 8.24. The highest BCUT2D eigenvalue weighted by Gasteiger charge is 2.05. The SMILES string of the molecule is COc1ccc(NC(=S)NCc2ccc(OC)c(OC)c2)cc1. The minimum atomic E-state index is 0.546. The molecule has 0 saturated heterocycles. The predicted molar refractivity (Wildman–Crippen MR) is 95.6 cm³/mol. The van der Waals surface area contributed by atoms with Gasteiger partial charge in [0.25, 0.3) is 0 Å². The second-order valence-corrected chi connectivity index (χ2v) is 5.13. The molecule has 5 nitrogen and oxygen atoms in total. The van der Waals surface area contributed by atoms with Gasteiger partial charge in [0.05, 0.1) is 21.3 Å². The Labute approximate surface area is 141 Å². The van der Waals surface area contributed by atoms with Gasteiger partial charge in [-0.2, -0.15) is 0 Å². The van der Waals surface area contributed by atoms with Crippen LogP contribution in [0.3, 0.4) is 0 Å². The van der Waals surface area contributed by atoms with E-state index in [0.717, 1.165) is 17.0 Å². The molecule has 0 fully saturated rings. The zero-order chi connectivity index (χ0) is 16.7. The van der Waals surface area contributed by atoms with Gasteiger partial charge in [0.2, 0.25) is 0 Å². The van der Waals surface area contributed by atoms with Gasteiger partial charge in [0, 0.05) is 12.2 Å². The van der Waals surface area contributed by atoms with Gasteiger partial charge in [0.1, 0.15) is 5.75 Å². The minimum absolute atomic E-state index is 0.546. The molecule has 2 rings (SSSR count). The maximum Gasteiger partial charge on any atom is 0.171 e. The lowest BCUT2D eigenvalue weighted by molar-refractivity contribution is 0.354. The van der Waals surface area contributed by atoms with Crippen LogP contribution in [-0.4, -0.2) is 26.4 Å². The lowest BCUT2D eigenvalue weighted by Gasteiger charge is -2.13. The van der Waals surface area contributed by atoms with Gasteiger partial charge in [0.15, 0.2) is 16.6 Å². The predicted octanol–water partition coefficient (Wildman–Crippen LogP) is 3.20. The number of hydrogen-bond donors (Lipinski definition) is 2. The van der Waals surface area contributed by atoms with E-state index in [9.17, 15) is 0 Å². The molecule has 0 aliphatic rings. The van der Waals surface area contributed by atoms with Crippen LogP contribution in [0.2, 0.25) is 0 Å². The summed E-state index contributed by atoms with van der Waals surface area (Å²) in [6, 6.07) is 13.3. The van der Waals surface area contributed by atoms with Crippen LogP contribution in [0.25, 0.3) is 0 Å². The van der Waals surface area contributed by atoms with E-state index >= 15 is 0 Å². The van der Waals surface area contributed by atoms with E-state index in [1.807, 2.05) is 42.5 Å². The Morgan fingerprint density at radius 3 is 2.22 bits per heavy atom. The average molecular weight is 332 g/mol. The van der Waals surface area contributed by atoms with Crippen molar-refractivity contribution in [1.29, 1.82) is 0 Å². The normalized spacial score (nSPS) is 9.87. The molecular formula is C17H20N2O3S. The van der Waals surface area contributed by atoms with E-state index < -0.39 is 0 Å². The number of nitrogens with one attached hydrogen (secondary N) is 2. The summed E-state index contributed by atoms with van der Waals surface area (Å²) in [6.45, 7) is 0.586. The highest BCUT2D eigenvalue weighted by atomic mass is 32.1. The number of rotatable bonds is 6. The van der Waals surface area contributed by atoms with Gasteiger partial charge in [-0.05, 0) is 54.2 Å². The van der Waals surface area contributed by atoms with E-state index in [2.05, 4.69) is 10.6 Å². The van der Waals surface area contributed by atoms with Crippen LogP contribution < -0.4 is 24.8 Å². The van der Waals surface area contributed by atoms with Crippen molar-refractivity contribution in [3.05, 3.63) is 48.0 Å². The highest BCUT2D eigenvalue weighted by molar-refractivity contribution is 7.80. The van der Waals surface area contributed by atoms with Crippen molar-refractivity contribution in [2.24, 2.45) is 0 Å². The first-order valence-electron chi connectivity index (χ1n) is 7.06. The van der Waals surface area contributed by atoms with Crippen LogP contribution in [0.15, 0.2) is 42.5 Å². The topological polar surface area (TPSA) is 51.8 Å². The Morgan fingerprint density at radius 2 is 1.61 bits per heavy atom. The van der Waals surface area contributed by atoms with Crippen molar-refractivity contribution in [3.63, 3.8) is 0 Å². The Hall–Kier alpha value is -2.47. The molecule has 0 atom stereocenters. The molecule has 23 heavy (non-hydrogen) atoms. The zero-order valence-corrected chi connectivity index (χ0v) is 14.2. The van der Waals surface area contributed by atoms with Crippen molar-refractivity contribution in [1.82, 2.24) is 5.32 Å². The molecule has 0 aliphatic carbocycles. The molecule has 0 radical (unpaired) electrons. The van der Waals surface area contributed by atoms with Crippen molar-refractivity contribution < 1.29 is 14.2 Å². The lowest BCUT2D eigenvalue weighted by Crippen LogP contribution is -2.27. The first-order chi connectivity index (χ1) is 11.2. The molecule has 0 spiro atoms. The van der Waals surface area contributed by atoms with Crippen LogP contribution in [0.4, 0.5) is 5.69 Å². The first-order valence-corrected chi connectivity index (χ1v) is 7.47. The Bertz CT molecular complexity index is 659. The molecule has 0 bridgehead atoms. The number of benzene rings is 2. The largest absolute Gasteiger partial charge is 0.497 e. The first kappa shape index (κ1) is 16.9. The number of anilines is 1. The number of ether oxygens (including phenoxy) is 3. The van der Waals surface area contributed by atoms with Crippen LogP contribution in [-0.2, 0) is 6.54 Å². The van der Waals surface area contributed by atoms with Crippen LogP contribution in [0, 0.1) is 0 Å². The highest BCUT2D eigenvalue weighted by Crippen LogP contribution is 2.27. The van der Waals surface area contributed by atoms with Crippen LogP contribution >= 0.6 is 12.2 Å². The fourth-order valence-corrected chi connectivity index (χ4v) is 2.21. The minimum Gasteiger partial charge on any atom is -0.497 e. The fraction of sp³-hybridized carbons (Fsp3) is 0.235. The van der Waals surface area contributed by atoms with E-state index in [0.29, 0.717) is 23.2 Å². The van der Waals surface area contributed by atoms with Gasteiger partial charge in [-0.25, -0.2) is 0 Å². The summed E-state index contributed by atoms with van der Waals surface area (Å²) in [5.74, 6) is 2.20. The summed E-state index contributed by atoms with van der Waals surface area (Å²) < 4.78 is 15.6. The van der Waals surface area contributed by atoms with Crippen molar-refractivity contribution in [2.75, 3.05) is 26.6 Å². The van der Waals surface area contributed by atoms with Gasteiger partial charge in [-0.1, -0.05) is 6.07 Å². The number of methoxy groups -OCH3 is 3. The van der Waals surface area contributed by atoms with Crippen molar-refractivity contribution in [2.45, 2.75) is 6.54 Å². The Morgan fingerprint density at radius 1 is 0.913 bits per heavy atom. The zero-order valence-electron chi connectivity index (χ0n) is 13.4. The van der Waals surface area contributed by atoms with Gasteiger partial charge in [-0.15, -0.1) is 0 Å². The summed E-state index contributed by atoms with van der Waals surface area (Å²) in [5, 5.41) is 6.83. The van der Waals surface area contributed by atoms with Crippen LogP contribution in [0.1, 0.15) is 5.56 Å². The summed E-state index contributed by atoms with van der Waals surface area (Å²) in [6.07, 6.45) is 0. The third-order valence-electron chi connectivity index (χ3n) is 3.25. The standard InChI is InChI=1S/C17H20N2O3S/c1-20-14-7-5-13(6-8-14)19-17(23)18-11-12-4-9-15(21-2)16(10-12)22-3/h4-10H,11H2,1-3H3,(H2,18,19,23). The quantitative estimate of drug-likeness (QED) is 0.792. The monoisotopic (exact) mass is 332 g/mol. The fourth-order valence-electron chi connectivity index (χ4n) is 2.02. The second-order valence-electron chi connectivity index (χ2n) is 4.73. The molecule has 0 saturated carbocycles. The summed E-state index contributed by atoms with van der Waals surface area (Å²) >= 11 is 5.30. The number of hydrogen-bond acceptors (Lipinski definition) is 4. The van der Waals surface area contributed by atoms with Crippen molar-refractivity contribution >= 4 is 23.0 Å². The maximum atomic E-state index is 5.30. The molecule has 2 N–H and O–H groups in total. The van der Waals surface area contributed by atoms with Gasteiger partial charge < -0.3 is 24.8 Å². The average Bonchev–Trinajstić information content (AvgIpc) is 2.60. The molecule has 0 heterocycles.